The van der Waals surface area contributed by atoms with Gasteiger partial charge in [0.15, 0.2) is 5.78 Å². The van der Waals surface area contributed by atoms with Crippen molar-refractivity contribution in [1.29, 1.82) is 0 Å². The van der Waals surface area contributed by atoms with E-state index in [4.69, 9.17) is 0 Å². The highest BCUT2D eigenvalue weighted by molar-refractivity contribution is 6.13. The monoisotopic (exact) mass is 318 g/mol. The number of aryl methyl sites for hydroxylation is 1. The molecule has 0 spiro atoms. The van der Waals surface area contributed by atoms with Crippen LogP contribution >= 0.6 is 0 Å². The largest absolute Gasteiger partial charge is 0.303 e. The lowest BCUT2D eigenvalue weighted by Crippen LogP contribution is -2.13. The van der Waals surface area contributed by atoms with E-state index in [9.17, 15) is 9.18 Å². The van der Waals surface area contributed by atoms with Crippen LogP contribution in [-0.4, -0.2) is 15.3 Å². The number of Topliss-reactive ketones (excluding diaryl/α,β-unsaturated/α-hetero) is 1. The lowest BCUT2D eigenvalue weighted by molar-refractivity contribution is 0.102. The van der Waals surface area contributed by atoms with Crippen LogP contribution in [0.25, 0.3) is 11.8 Å². The third-order valence-corrected chi connectivity index (χ3v) is 4.31. The van der Waals surface area contributed by atoms with E-state index in [1.165, 1.54) is 6.07 Å². The number of fused-ring (bicyclic) bond motifs is 1. The van der Waals surface area contributed by atoms with Gasteiger partial charge in [-0.3, -0.25) is 4.79 Å². The molecule has 4 rings (SSSR count). The topological polar surface area (TPSA) is 34.9 Å². The number of nitrogens with zero attached hydrogens (tertiary/aromatic N) is 2. The molecule has 0 radical (unpaired) electrons. The number of ketones is 1. The molecule has 0 N–H and O–H groups in total. The quantitative estimate of drug-likeness (QED) is 0.663. The van der Waals surface area contributed by atoms with Crippen molar-refractivity contribution in [2.75, 3.05) is 0 Å². The number of rotatable bonds is 2. The fourth-order valence-corrected chi connectivity index (χ4v) is 3.08. The van der Waals surface area contributed by atoms with Crippen molar-refractivity contribution in [1.82, 2.24) is 9.55 Å². The van der Waals surface area contributed by atoms with Gasteiger partial charge < -0.3 is 4.57 Å². The van der Waals surface area contributed by atoms with Crippen LogP contribution in [0.4, 0.5) is 4.39 Å². The molecule has 24 heavy (non-hydrogen) atoms. The lowest BCUT2D eigenvalue weighted by atomic mass is 9.86. The van der Waals surface area contributed by atoms with Crippen LogP contribution in [-0.2, 0) is 6.42 Å². The van der Waals surface area contributed by atoms with Gasteiger partial charge in [0.1, 0.15) is 5.82 Å². The molecule has 118 valence electrons. The summed E-state index contributed by atoms with van der Waals surface area (Å²) in [5, 5.41) is 0. The number of aromatic nitrogens is 2. The number of carbonyl (C=O) groups excluding carboxylic acids is 1. The Balaban J connectivity index is 1.67. The van der Waals surface area contributed by atoms with Gasteiger partial charge in [-0.05, 0) is 42.2 Å². The summed E-state index contributed by atoms with van der Waals surface area (Å²) in [6, 6.07) is 12.6. The van der Waals surface area contributed by atoms with Gasteiger partial charge in [0.2, 0.25) is 0 Å². The number of halogens is 1. The Bertz CT molecular complexity index is 942. The predicted octanol–water partition coefficient (Wildman–Crippen LogP) is 4.22. The van der Waals surface area contributed by atoms with Gasteiger partial charge in [0, 0.05) is 23.5 Å². The fraction of sp³-hybridized carbons (Fsp3) is 0.100. The highest BCUT2D eigenvalue weighted by Gasteiger charge is 2.21. The molecule has 0 saturated heterocycles. The minimum Gasteiger partial charge on any atom is -0.303 e. The second kappa shape index (κ2) is 5.89. The van der Waals surface area contributed by atoms with Gasteiger partial charge in [-0.25, -0.2) is 9.37 Å². The zero-order valence-corrected chi connectivity index (χ0v) is 12.9. The summed E-state index contributed by atoms with van der Waals surface area (Å²) < 4.78 is 16.0. The van der Waals surface area contributed by atoms with Crippen LogP contribution in [0.1, 0.15) is 27.9 Å². The Morgan fingerprint density at radius 3 is 2.79 bits per heavy atom. The lowest BCUT2D eigenvalue weighted by Gasteiger charge is -2.17. The van der Waals surface area contributed by atoms with E-state index in [0.717, 1.165) is 23.1 Å². The van der Waals surface area contributed by atoms with Crippen molar-refractivity contribution in [3.8, 4) is 5.69 Å². The van der Waals surface area contributed by atoms with Crippen LogP contribution in [0.15, 0.2) is 66.8 Å². The average Bonchev–Trinajstić information content (AvgIpc) is 3.12. The molecule has 3 aromatic rings. The van der Waals surface area contributed by atoms with E-state index in [1.54, 1.807) is 35.4 Å². The predicted molar refractivity (Wildman–Crippen MR) is 90.6 cm³/mol. The van der Waals surface area contributed by atoms with Crippen molar-refractivity contribution >= 4 is 11.9 Å². The van der Waals surface area contributed by atoms with Crippen LogP contribution in [0.5, 0.6) is 0 Å². The Hall–Kier alpha value is -3.01. The van der Waals surface area contributed by atoms with Crippen molar-refractivity contribution < 1.29 is 9.18 Å². The molecule has 0 atom stereocenters. The second-order valence-electron chi connectivity index (χ2n) is 5.84. The van der Waals surface area contributed by atoms with Crippen molar-refractivity contribution in [2.24, 2.45) is 0 Å². The standard InChI is InChI=1S/C20H15FN2O/c21-18-12-14(5-8-19(18)23-10-9-22-13-23)11-16-7-6-15-3-1-2-4-17(15)20(16)24/h1-5,8-13H,6-7H2. The van der Waals surface area contributed by atoms with E-state index < -0.39 is 0 Å². The Morgan fingerprint density at radius 2 is 2.00 bits per heavy atom. The second-order valence-corrected chi connectivity index (χ2v) is 5.84. The normalized spacial score (nSPS) is 15.5. The zero-order valence-electron chi connectivity index (χ0n) is 12.9. The molecule has 0 aliphatic heterocycles. The van der Waals surface area contributed by atoms with Gasteiger partial charge in [-0.1, -0.05) is 30.3 Å². The highest BCUT2D eigenvalue weighted by Crippen LogP contribution is 2.27. The van der Waals surface area contributed by atoms with E-state index in [2.05, 4.69) is 4.98 Å². The molecular weight excluding hydrogens is 303 g/mol. The fourth-order valence-electron chi connectivity index (χ4n) is 3.08. The number of hydrogen-bond acceptors (Lipinski definition) is 2. The first-order valence-electron chi connectivity index (χ1n) is 7.83. The van der Waals surface area contributed by atoms with Crippen LogP contribution in [0, 0.1) is 5.82 Å². The van der Waals surface area contributed by atoms with Gasteiger partial charge in [-0.2, -0.15) is 0 Å². The summed E-state index contributed by atoms with van der Waals surface area (Å²) in [4.78, 5) is 16.5. The molecule has 0 unspecified atom stereocenters. The first kappa shape index (κ1) is 14.6. The van der Waals surface area contributed by atoms with Crippen molar-refractivity contribution in [3.05, 3.63) is 89.3 Å². The Morgan fingerprint density at radius 1 is 1.12 bits per heavy atom. The molecule has 1 aliphatic rings. The Kier molecular flexibility index (Phi) is 3.58. The molecule has 1 heterocycles. The summed E-state index contributed by atoms with van der Waals surface area (Å²) in [6.07, 6.45) is 8.16. The molecule has 2 aromatic carbocycles. The summed E-state index contributed by atoms with van der Waals surface area (Å²) >= 11 is 0. The third-order valence-electron chi connectivity index (χ3n) is 4.31. The number of benzene rings is 2. The summed E-state index contributed by atoms with van der Waals surface area (Å²) in [7, 11) is 0. The third kappa shape index (κ3) is 2.56. The van der Waals surface area contributed by atoms with E-state index in [0.29, 0.717) is 17.7 Å². The van der Waals surface area contributed by atoms with Gasteiger partial charge in [0.25, 0.3) is 0 Å². The number of carbonyl (C=O) groups is 1. The molecule has 4 heteroatoms. The molecule has 1 aliphatic carbocycles. The number of allylic oxidation sites excluding steroid dienone is 1. The molecule has 0 fully saturated rings. The molecule has 1 aromatic heterocycles. The van der Waals surface area contributed by atoms with E-state index >= 15 is 0 Å². The maximum atomic E-state index is 14.3. The van der Waals surface area contributed by atoms with E-state index in [-0.39, 0.29) is 11.6 Å². The van der Waals surface area contributed by atoms with Crippen LogP contribution < -0.4 is 0 Å². The van der Waals surface area contributed by atoms with E-state index in [1.807, 2.05) is 30.3 Å². The minimum atomic E-state index is -0.342. The maximum Gasteiger partial charge on any atom is 0.189 e. The van der Waals surface area contributed by atoms with Gasteiger partial charge >= 0.3 is 0 Å². The first-order valence-corrected chi connectivity index (χ1v) is 7.83. The van der Waals surface area contributed by atoms with Gasteiger partial charge in [-0.15, -0.1) is 0 Å². The Labute approximate surface area is 139 Å². The molecule has 0 saturated carbocycles. The first-order chi connectivity index (χ1) is 11.7. The minimum absolute atomic E-state index is 0.0379. The molecule has 3 nitrogen and oxygen atoms in total. The molecule has 0 bridgehead atoms. The van der Waals surface area contributed by atoms with Crippen molar-refractivity contribution in [3.63, 3.8) is 0 Å². The maximum absolute atomic E-state index is 14.3. The highest BCUT2D eigenvalue weighted by atomic mass is 19.1. The van der Waals surface area contributed by atoms with Crippen molar-refractivity contribution in [2.45, 2.75) is 12.8 Å². The summed E-state index contributed by atoms with van der Waals surface area (Å²) in [5.74, 6) is -0.304. The van der Waals surface area contributed by atoms with Crippen LogP contribution in [0.3, 0.4) is 0 Å². The summed E-state index contributed by atoms with van der Waals surface area (Å²) in [6.45, 7) is 0. The SMILES string of the molecule is O=C1C(=Cc2ccc(-n3ccnc3)c(F)c2)CCc2ccccc21. The average molecular weight is 318 g/mol. The molecule has 0 amide bonds. The van der Waals surface area contributed by atoms with Crippen LogP contribution in [0.2, 0.25) is 0 Å². The zero-order chi connectivity index (χ0) is 16.5. The van der Waals surface area contributed by atoms with Gasteiger partial charge in [0.05, 0.1) is 12.0 Å². The number of imidazole rings is 1. The smallest absolute Gasteiger partial charge is 0.189 e. The summed E-state index contributed by atoms with van der Waals surface area (Å²) in [5.41, 5.74) is 3.70. The number of hydrogen-bond donors (Lipinski definition) is 0. The molecular formula is C20H15FN2O.